The molecule has 0 bridgehead atoms. The molecule has 0 atom stereocenters. The highest BCUT2D eigenvalue weighted by atomic mass is 35.5. The topological polar surface area (TPSA) is 81.7 Å². The second kappa shape index (κ2) is 9.99. The van der Waals surface area contributed by atoms with Gasteiger partial charge in [0.25, 0.3) is 5.91 Å². The number of methoxy groups -OCH3 is 1. The Labute approximate surface area is 166 Å². The second-order valence-electron chi connectivity index (χ2n) is 5.46. The molecule has 142 valence electrons. The van der Waals surface area contributed by atoms with Crippen LogP contribution in [0.1, 0.15) is 17.3 Å². The maximum absolute atomic E-state index is 12.3. The number of rotatable bonds is 8. The van der Waals surface area contributed by atoms with Crippen molar-refractivity contribution < 1.29 is 23.9 Å². The predicted molar refractivity (Wildman–Crippen MR) is 105 cm³/mol. The highest BCUT2D eigenvalue weighted by molar-refractivity contribution is 8.00. The van der Waals surface area contributed by atoms with E-state index in [0.29, 0.717) is 26.9 Å². The first-order valence-electron chi connectivity index (χ1n) is 7.92. The Morgan fingerprint density at radius 1 is 1.15 bits per heavy atom. The molecular formula is C19H18ClNO5S. The summed E-state index contributed by atoms with van der Waals surface area (Å²) in [7, 11) is 1.47. The van der Waals surface area contributed by atoms with Gasteiger partial charge in [0.1, 0.15) is 11.5 Å². The van der Waals surface area contributed by atoms with E-state index >= 15 is 0 Å². The molecule has 0 aliphatic carbocycles. The zero-order chi connectivity index (χ0) is 19.8. The van der Waals surface area contributed by atoms with Gasteiger partial charge < -0.3 is 14.8 Å². The number of benzene rings is 2. The van der Waals surface area contributed by atoms with Gasteiger partial charge in [0, 0.05) is 9.92 Å². The van der Waals surface area contributed by atoms with Gasteiger partial charge in [-0.3, -0.25) is 9.59 Å². The number of carbonyl (C=O) groups is 3. The summed E-state index contributed by atoms with van der Waals surface area (Å²) in [4.78, 5) is 36.2. The molecule has 2 aromatic carbocycles. The summed E-state index contributed by atoms with van der Waals surface area (Å²) in [5.74, 6) is -0.491. The molecule has 6 nitrogen and oxygen atoms in total. The Morgan fingerprint density at radius 2 is 1.89 bits per heavy atom. The van der Waals surface area contributed by atoms with Crippen LogP contribution in [0.15, 0.2) is 47.4 Å². The quantitative estimate of drug-likeness (QED) is 0.529. The number of hydrogen-bond donors (Lipinski definition) is 1. The highest BCUT2D eigenvalue weighted by Crippen LogP contribution is 2.27. The number of carbonyl (C=O) groups excluding carboxylic acids is 3. The van der Waals surface area contributed by atoms with Crippen LogP contribution < -0.4 is 10.1 Å². The van der Waals surface area contributed by atoms with E-state index in [4.69, 9.17) is 21.1 Å². The summed E-state index contributed by atoms with van der Waals surface area (Å²) < 4.78 is 10.2. The van der Waals surface area contributed by atoms with E-state index in [1.807, 2.05) is 0 Å². The van der Waals surface area contributed by atoms with Crippen LogP contribution in [0.3, 0.4) is 0 Å². The van der Waals surface area contributed by atoms with Crippen LogP contribution >= 0.6 is 23.4 Å². The molecule has 0 heterocycles. The molecule has 1 amide bonds. The summed E-state index contributed by atoms with van der Waals surface area (Å²) in [6.07, 6.45) is 0. The third-order valence-corrected chi connectivity index (χ3v) is 4.76. The van der Waals surface area contributed by atoms with Crippen molar-refractivity contribution in [3.8, 4) is 5.75 Å². The molecule has 0 aliphatic rings. The van der Waals surface area contributed by atoms with Crippen LogP contribution in [0, 0.1) is 0 Å². The molecular weight excluding hydrogens is 390 g/mol. The fraction of sp³-hybridized carbons (Fsp3) is 0.211. The van der Waals surface area contributed by atoms with E-state index in [2.05, 4.69) is 5.32 Å². The molecule has 2 rings (SSSR count). The van der Waals surface area contributed by atoms with E-state index in [9.17, 15) is 14.4 Å². The Balaban J connectivity index is 1.99. The normalized spacial score (nSPS) is 10.2. The molecule has 2 aromatic rings. The third kappa shape index (κ3) is 6.30. The molecule has 0 aliphatic heterocycles. The van der Waals surface area contributed by atoms with E-state index in [1.54, 1.807) is 36.4 Å². The molecule has 0 saturated carbocycles. The van der Waals surface area contributed by atoms with Crippen LogP contribution in [-0.4, -0.2) is 37.1 Å². The van der Waals surface area contributed by atoms with E-state index in [-0.39, 0.29) is 11.5 Å². The molecule has 0 unspecified atom stereocenters. The van der Waals surface area contributed by atoms with Gasteiger partial charge in [0.15, 0.2) is 6.61 Å². The first kappa shape index (κ1) is 20.8. The van der Waals surface area contributed by atoms with Crippen molar-refractivity contribution in [1.82, 2.24) is 0 Å². The van der Waals surface area contributed by atoms with Crippen molar-refractivity contribution in [3.63, 3.8) is 0 Å². The number of amides is 1. The molecule has 0 spiro atoms. The number of ketones is 1. The SMILES string of the molecule is COc1ccc(Cl)cc1NC(=O)COC(=O)c1ccccc1SCC(C)=O. The fourth-order valence-electron chi connectivity index (χ4n) is 2.11. The summed E-state index contributed by atoms with van der Waals surface area (Å²) in [5.41, 5.74) is 0.681. The lowest BCUT2D eigenvalue weighted by Crippen LogP contribution is -2.21. The number of esters is 1. The predicted octanol–water partition coefficient (Wildman–Crippen LogP) is 3.83. The van der Waals surface area contributed by atoms with Crippen molar-refractivity contribution in [2.45, 2.75) is 11.8 Å². The van der Waals surface area contributed by atoms with Gasteiger partial charge in [0.2, 0.25) is 0 Å². The lowest BCUT2D eigenvalue weighted by molar-refractivity contribution is -0.119. The maximum atomic E-state index is 12.3. The summed E-state index contributed by atoms with van der Waals surface area (Å²) in [6, 6.07) is 11.5. The van der Waals surface area contributed by atoms with Gasteiger partial charge in [-0.2, -0.15) is 0 Å². The van der Waals surface area contributed by atoms with Gasteiger partial charge in [-0.25, -0.2) is 4.79 Å². The Morgan fingerprint density at radius 3 is 2.59 bits per heavy atom. The van der Waals surface area contributed by atoms with Crippen molar-refractivity contribution in [2.24, 2.45) is 0 Å². The Bertz CT molecular complexity index is 856. The summed E-state index contributed by atoms with van der Waals surface area (Å²) in [5, 5.41) is 3.02. The number of hydrogen-bond acceptors (Lipinski definition) is 6. The number of Topliss-reactive ketones (excluding diaryl/α,β-unsaturated/α-hetero) is 1. The van der Waals surface area contributed by atoms with Crippen molar-refractivity contribution in [3.05, 3.63) is 53.1 Å². The van der Waals surface area contributed by atoms with E-state index < -0.39 is 18.5 Å². The fourth-order valence-corrected chi connectivity index (χ4v) is 3.13. The molecule has 0 radical (unpaired) electrons. The molecule has 0 aromatic heterocycles. The minimum absolute atomic E-state index is 0.00184. The average molecular weight is 408 g/mol. The van der Waals surface area contributed by atoms with Gasteiger partial charge in [-0.05, 0) is 37.3 Å². The zero-order valence-electron chi connectivity index (χ0n) is 14.8. The number of ether oxygens (including phenoxy) is 2. The Kier molecular flexibility index (Phi) is 7.69. The number of halogens is 1. The first-order valence-corrected chi connectivity index (χ1v) is 9.29. The van der Waals surface area contributed by atoms with Gasteiger partial charge in [-0.1, -0.05) is 23.7 Å². The summed E-state index contributed by atoms with van der Waals surface area (Å²) in [6.45, 7) is 1.00. The zero-order valence-corrected chi connectivity index (χ0v) is 16.4. The van der Waals surface area contributed by atoms with Crippen LogP contribution in [-0.2, 0) is 14.3 Å². The van der Waals surface area contributed by atoms with Crippen LogP contribution in [0.5, 0.6) is 5.75 Å². The highest BCUT2D eigenvalue weighted by Gasteiger charge is 2.16. The molecule has 0 fully saturated rings. The summed E-state index contributed by atoms with van der Waals surface area (Å²) >= 11 is 7.16. The smallest absolute Gasteiger partial charge is 0.339 e. The minimum atomic E-state index is -0.644. The molecule has 1 N–H and O–H groups in total. The monoisotopic (exact) mass is 407 g/mol. The van der Waals surface area contributed by atoms with Crippen LogP contribution in [0.4, 0.5) is 5.69 Å². The standard InChI is InChI=1S/C19H18ClNO5S/c1-12(22)11-27-17-6-4-3-5-14(17)19(24)26-10-18(23)21-15-9-13(20)7-8-16(15)25-2/h3-9H,10-11H2,1-2H3,(H,21,23). The molecule has 0 saturated heterocycles. The first-order chi connectivity index (χ1) is 12.9. The van der Waals surface area contributed by atoms with E-state index in [1.165, 1.54) is 31.9 Å². The maximum Gasteiger partial charge on any atom is 0.339 e. The van der Waals surface area contributed by atoms with Gasteiger partial charge in [-0.15, -0.1) is 11.8 Å². The van der Waals surface area contributed by atoms with Crippen molar-refractivity contribution in [2.75, 3.05) is 24.8 Å². The largest absolute Gasteiger partial charge is 0.495 e. The lowest BCUT2D eigenvalue weighted by atomic mass is 10.2. The van der Waals surface area contributed by atoms with Gasteiger partial charge in [0.05, 0.1) is 24.1 Å². The number of nitrogens with one attached hydrogen (secondary N) is 1. The minimum Gasteiger partial charge on any atom is -0.495 e. The van der Waals surface area contributed by atoms with E-state index in [0.717, 1.165) is 0 Å². The molecule has 27 heavy (non-hydrogen) atoms. The van der Waals surface area contributed by atoms with Gasteiger partial charge >= 0.3 is 5.97 Å². The average Bonchev–Trinajstić information content (AvgIpc) is 2.65. The van der Waals surface area contributed by atoms with Crippen LogP contribution in [0.25, 0.3) is 0 Å². The Hall–Kier alpha value is -2.51. The van der Waals surface area contributed by atoms with Crippen molar-refractivity contribution in [1.29, 1.82) is 0 Å². The van der Waals surface area contributed by atoms with Crippen LogP contribution in [0.2, 0.25) is 5.02 Å². The second-order valence-corrected chi connectivity index (χ2v) is 6.91. The lowest BCUT2D eigenvalue weighted by Gasteiger charge is -2.11. The number of anilines is 1. The van der Waals surface area contributed by atoms with Crippen molar-refractivity contribution >= 4 is 46.7 Å². The number of thioether (sulfide) groups is 1. The molecule has 8 heteroatoms. The third-order valence-electron chi connectivity index (χ3n) is 3.31.